The maximum Gasteiger partial charge on any atom is 0.168 e. The van der Waals surface area contributed by atoms with E-state index in [4.69, 9.17) is 10.2 Å². The summed E-state index contributed by atoms with van der Waals surface area (Å²) in [5, 5.41) is 9.58. The highest BCUT2D eigenvalue weighted by molar-refractivity contribution is 5.80. The third kappa shape index (κ3) is 7.72. The van der Waals surface area contributed by atoms with Crippen LogP contribution in [0.5, 0.6) is 0 Å². The van der Waals surface area contributed by atoms with Gasteiger partial charge in [-0.1, -0.05) is 164 Å². The Morgan fingerprint density at radius 2 is 0.459 bits per heavy atom. The molecule has 1 aromatic heterocycles. The van der Waals surface area contributed by atoms with E-state index in [0.29, 0.717) is 0 Å². The van der Waals surface area contributed by atoms with Gasteiger partial charge in [-0.3, -0.25) is 4.57 Å². The van der Waals surface area contributed by atoms with E-state index in [-0.39, 0.29) is 0 Å². The molecule has 9 aromatic carbocycles. The van der Waals surface area contributed by atoms with Crippen molar-refractivity contribution in [1.29, 1.82) is 0 Å². The third-order valence-corrected chi connectivity index (χ3v) is 10.9. The molecule has 0 aliphatic heterocycles. The van der Waals surface area contributed by atoms with Gasteiger partial charge in [-0.15, -0.1) is 10.2 Å². The molecule has 5 nitrogen and oxygen atoms in total. The van der Waals surface area contributed by atoms with Crippen LogP contribution in [0.25, 0.3) is 50.7 Å². The van der Waals surface area contributed by atoms with Gasteiger partial charge in [-0.2, -0.15) is 0 Å². The van der Waals surface area contributed by atoms with Gasteiger partial charge < -0.3 is 9.80 Å². The fourth-order valence-corrected chi connectivity index (χ4v) is 7.91. The molecule has 5 heteroatoms. The lowest BCUT2D eigenvalue weighted by Crippen LogP contribution is -2.09. The molecule has 0 saturated carbocycles. The first-order valence-corrected chi connectivity index (χ1v) is 20.5. The summed E-state index contributed by atoms with van der Waals surface area (Å²) < 4.78 is 2.15. The summed E-state index contributed by atoms with van der Waals surface area (Å²) in [5.41, 5.74) is 14.2. The number of anilines is 6. The molecule has 0 fully saturated rings. The van der Waals surface area contributed by atoms with E-state index >= 15 is 0 Å². The van der Waals surface area contributed by atoms with E-state index < -0.39 is 0 Å². The Morgan fingerprint density at radius 3 is 0.754 bits per heavy atom. The van der Waals surface area contributed by atoms with E-state index in [2.05, 4.69) is 233 Å². The molecule has 0 aliphatic carbocycles. The molecule has 0 saturated heterocycles. The van der Waals surface area contributed by atoms with Gasteiger partial charge in [0.25, 0.3) is 0 Å². The topological polar surface area (TPSA) is 37.2 Å². The minimum atomic E-state index is 0.783. The second-order valence-corrected chi connectivity index (χ2v) is 14.8. The van der Waals surface area contributed by atoms with Crippen LogP contribution in [0, 0.1) is 0 Å². The standard InChI is InChI=1S/C56H41N5/c1-6-16-48(17-7-1)59(49-18-8-2-9-19-49)53-38-34-44(35-39-53)42-26-30-46(31-27-42)55-57-58-56(61(55)52-24-14-5-15-25-52)47-32-28-43(29-33-47)45-36-40-54(41-37-45)60(50-20-10-3-11-21-50)51-22-12-4-13-23-51/h1-41H. The second kappa shape index (κ2) is 16.9. The Hall–Kier alpha value is -8.28. The van der Waals surface area contributed by atoms with Gasteiger partial charge in [0.15, 0.2) is 11.6 Å². The Balaban J connectivity index is 0.919. The normalized spacial score (nSPS) is 11.0. The van der Waals surface area contributed by atoms with Crippen molar-refractivity contribution in [3.05, 3.63) is 249 Å². The maximum atomic E-state index is 4.79. The van der Waals surface area contributed by atoms with Crippen molar-refractivity contribution in [2.24, 2.45) is 0 Å². The summed E-state index contributed by atoms with van der Waals surface area (Å²) >= 11 is 0. The number of hydrogen-bond donors (Lipinski definition) is 0. The summed E-state index contributed by atoms with van der Waals surface area (Å²) in [5.74, 6) is 1.57. The van der Waals surface area contributed by atoms with Crippen molar-refractivity contribution in [3.63, 3.8) is 0 Å². The summed E-state index contributed by atoms with van der Waals surface area (Å²) in [6.07, 6.45) is 0. The average Bonchev–Trinajstić information content (AvgIpc) is 3.80. The van der Waals surface area contributed by atoms with Crippen molar-refractivity contribution >= 4 is 34.1 Å². The molecule has 61 heavy (non-hydrogen) atoms. The fourth-order valence-electron chi connectivity index (χ4n) is 7.91. The highest BCUT2D eigenvalue weighted by Gasteiger charge is 2.19. The minimum absolute atomic E-state index is 0.783. The summed E-state index contributed by atoms with van der Waals surface area (Å²) in [7, 11) is 0. The number of para-hydroxylation sites is 5. The van der Waals surface area contributed by atoms with Gasteiger partial charge in [0, 0.05) is 50.9 Å². The molecule has 290 valence electrons. The number of hydrogen-bond acceptors (Lipinski definition) is 4. The molecule has 0 unspecified atom stereocenters. The molecule has 0 spiro atoms. The van der Waals surface area contributed by atoms with Crippen LogP contribution in [-0.4, -0.2) is 14.8 Å². The predicted molar refractivity (Wildman–Crippen MR) is 252 cm³/mol. The Labute approximate surface area is 356 Å². The molecule has 0 N–H and O–H groups in total. The smallest absolute Gasteiger partial charge is 0.168 e. The third-order valence-electron chi connectivity index (χ3n) is 10.9. The van der Waals surface area contributed by atoms with Gasteiger partial charge >= 0.3 is 0 Å². The molecule has 0 bridgehead atoms. The predicted octanol–water partition coefficient (Wildman–Crippen LogP) is 14.9. The van der Waals surface area contributed by atoms with Crippen molar-refractivity contribution in [3.8, 4) is 50.7 Å². The molecule has 0 aliphatic rings. The van der Waals surface area contributed by atoms with Crippen LogP contribution in [0.2, 0.25) is 0 Å². The summed E-state index contributed by atoms with van der Waals surface area (Å²) in [6.45, 7) is 0. The first-order valence-electron chi connectivity index (χ1n) is 20.5. The van der Waals surface area contributed by atoms with E-state index in [9.17, 15) is 0 Å². The van der Waals surface area contributed by atoms with Crippen LogP contribution in [0.4, 0.5) is 34.1 Å². The van der Waals surface area contributed by atoms with Crippen LogP contribution in [0.3, 0.4) is 0 Å². The monoisotopic (exact) mass is 783 g/mol. The zero-order valence-corrected chi connectivity index (χ0v) is 33.4. The van der Waals surface area contributed by atoms with E-state index in [0.717, 1.165) is 84.8 Å². The first-order chi connectivity index (χ1) is 30.3. The van der Waals surface area contributed by atoms with Crippen molar-refractivity contribution < 1.29 is 0 Å². The van der Waals surface area contributed by atoms with Crippen LogP contribution in [0.1, 0.15) is 0 Å². The van der Waals surface area contributed by atoms with Gasteiger partial charge in [0.05, 0.1) is 0 Å². The molecule has 1 heterocycles. The van der Waals surface area contributed by atoms with Gasteiger partial charge in [-0.05, 0) is 107 Å². The van der Waals surface area contributed by atoms with Crippen LogP contribution < -0.4 is 9.80 Å². The van der Waals surface area contributed by atoms with Crippen molar-refractivity contribution in [1.82, 2.24) is 14.8 Å². The van der Waals surface area contributed by atoms with Crippen LogP contribution in [0.15, 0.2) is 249 Å². The number of benzene rings is 9. The number of nitrogens with zero attached hydrogens (tertiary/aromatic N) is 5. The van der Waals surface area contributed by atoms with Gasteiger partial charge in [0.1, 0.15) is 0 Å². The highest BCUT2D eigenvalue weighted by atomic mass is 15.3. The molecule has 10 rings (SSSR count). The maximum absolute atomic E-state index is 4.79. The van der Waals surface area contributed by atoms with Crippen LogP contribution >= 0.6 is 0 Å². The van der Waals surface area contributed by atoms with E-state index in [1.54, 1.807) is 0 Å². The van der Waals surface area contributed by atoms with E-state index in [1.165, 1.54) is 0 Å². The Kier molecular flexibility index (Phi) is 10.3. The molecule has 10 aromatic rings. The first kappa shape index (κ1) is 37.0. The van der Waals surface area contributed by atoms with Gasteiger partial charge in [-0.25, -0.2) is 0 Å². The highest BCUT2D eigenvalue weighted by Crippen LogP contribution is 2.38. The van der Waals surface area contributed by atoms with Crippen LogP contribution in [-0.2, 0) is 0 Å². The fraction of sp³-hybridized carbons (Fsp3) is 0. The zero-order valence-electron chi connectivity index (χ0n) is 33.4. The van der Waals surface area contributed by atoms with E-state index in [1.807, 2.05) is 30.3 Å². The Bertz CT molecular complexity index is 2690. The lowest BCUT2D eigenvalue weighted by molar-refractivity contribution is 1.07. The number of aromatic nitrogens is 3. The van der Waals surface area contributed by atoms with Crippen molar-refractivity contribution in [2.45, 2.75) is 0 Å². The molecular weight excluding hydrogens is 743 g/mol. The SMILES string of the molecule is c1ccc(N(c2ccccc2)c2ccc(-c3ccc(-c4nnc(-c5ccc(-c6ccc(N(c7ccccc7)c7ccccc7)cc6)cc5)n4-c4ccccc4)cc3)cc2)cc1. The Morgan fingerprint density at radius 1 is 0.230 bits per heavy atom. The summed E-state index contributed by atoms with van der Waals surface area (Å²) in [4.78, 5) is 4.55. The number of rotatable bonds is 11. The lowest BCUT2D eigenvalue weighted by Gasteiger charge is -2.25. The minimum Gasteiger partial charge on any atom is -0.311 e. The summed E-state index contributed by atoms with van der Waals surface area (Å²) in [6, 6.07) is 87.0. The second-order valence-electron chi connectivity index (χ2n) is 14.8. The largest absolute Gasteiger partial charge is 0.311 e. The van der Waals surface area contributed by atoms with Crippen molar-refractivity contribution in [2.75, 3.05) is 9.80 Å². The molecular formula is C56H41N5. The quantitative estimate of drug-likeness (QED) is 0.131. The lowest BCUT2D eigenvalue weighted by atomic mass is 10.0. The molecule has 0 amide bonds. The average molecular weight is 784 g/mol. The van der Waals surface area contributed by atoms with Gasteiger partial charge in [0.2, 0.25) is 0 Å². The molecule has 0 radical (unpaired) electrons. The zero-order chi connectivity index (χ0) is 40.8. The molecule has 0 atom stereocenters.